The molecule has 0 atom stereocenters. The molecule has 116 valence electrons. The average Bonchev–Trinajstić information content (AvgIpc) is 2.82. The molecule has 0 aromatic carbocycles. The van der Waals surface area contributed by atoms with E-state index < -0.39 is 0 Å². The van der Waals surface area contributed by atoms with Crippen molar-refractivity contribution in [1.82, 2.24) is 4.98 Å². The molecule has 0 unspecified atom stereocenters. The third-order valence-corrected chi connectivity index (χ3v) is 5.28. The van der Waals surface area contributed by atoms with Gasteiger partial charge in [0, 0.05) is 30.9 Å². The second-order valence-corrected chi connectivity index (χ2v) is 6.74. The zero-order chi connectivity index (χ0) is 14.7. The predicted molar refractivity (Wildman–Crippen MR) is 88.7 cm³/mol. The second kappa shape index (κ2) is 6.78. The van der Waals surface area contributed by atoms with Gasteiger partial charge >= 0.3 is 0 Å². The molecule has 1 fully saturated rings. The van der Waals surface area contributed by atoms with E-state index in [1.807, 2.05) is 0 Å². The Hall–Kier alpha value is -1.09. The fourth-order valence-corrected chi connectivity index (χ4v) is 3.94. The maximum absolute atomic E-state index is 6.02. The molecule has 2 N–H and O–H groups in total. The van der Waals surface area contributed by atoms with Crippen molar-refractivity contribution >= 4 is 5.82 Å². The van der Waals surface area contributed by atoms with Crippen LogP contribution in [0.4, 0.5) is 5.82 Å². The fourth-order valence-electron chi connectivity index (χ4n) is 3.94. The van der Waals surface area contributed by atoms with Crippen LogP contribution in [0.15, 0.2) is 6.07 Å². The van der Waals surface area contributed by atoms with E-state index in [9.17, 15) is 0 Å². The summed E-state index contributed by atoms with van der Waals surface area (Å²) in [6.07, 6.45) is 13.0. The van der Waals surface area contributed by atoms with Crippen LogP contribution in [0.3, 0.4) is 0 Å². The first-order valence-corrected chi connectivity index (χ1v) is 8.74. The molecule has 1 aromatic heterocycles. The van der Waals surface area contributed by atoms with E-state index in [4.69, 9.17) is 10.7 Å². The Morgan fingerprint density at radius 1 is 1.10 bits per heavy atom. The predicted octanol–water partition coefficient (Wildman–Crippen LogP) is 3.58. The van der Waals surface area contributed by atoms with Gasteiger partial charge in [-0.25, -0.2) is 4.98 Å². The third kappa shape index (κ3) is 3.23. The van der Waals surface area contributed by atoms with E-state index in [-0.39, 0.29) is 0 Å². The molecule has 3 nitrogen and oxygen atoms in total. The highest BCUT2D eigenvalue weighted by Crippen LogP contribution is 2.30. The number of aryl methyl sites for hydroxylation is 2. The van der Waals surface area contributed by atoms with Crippen LogP contribution in [-0.4, -0.2) is 18.1 Å². The minimum Gasteiger partial charge on any atom is -0.356 e. The molecule has 3 heteroatoms. The first-order chi connectivity index (χ1) is 10.3. The Kier molecular flexibility index (Phi) is 4.79. The van der Waals surface area contributed by atoms with Gasteiger partial charge in [-0.1, -0.05) is 25.7 Å². The van der Waals surface area contributed by atoms with Crippen LogP contribution in [0, 0.1) is 0 Å². The molecule has 0 saturated heterocycles. The average molecular weight is 287 g/mol. The number of anilines is 1. The second-order valence-electron chi connectivity index (χ2n) is 6.74. The van der Waals surface area contributed by atoms with Gasteiger partial charge in [0.2, 0.25) is 0 Å². The zero-order valence-corrected chi connectivity index (χ0v) is 13.4. The maximum atomic E-state index is 6.02. The largest absolute Gasteiger partial charge is 0.356 e. The Bertz CT molecular complexity index is 476. The molecule has 21 heavy (non-hydrogen) atoms. The van der Waals surface area contributed by atoms with Crippen molar-refractivity contribution in [2.45, 2.75) is 76.8 Å². The summed E-state index contributed by atoms with van der Waals surface area (Å²) in [5, 5.41) is 0. The Labute approximate surface area is 128 Å². The molecule has 1 aromatic rings. The molecule has 0 bridgehead atoms. The molecular weight excluding hydrogens is 258 g/mol. The van der Waals surface area contributed by atoms with Crippen LogP contribution in [-0.2, 0) is 19.4 Å². The lowest BCUT2D eigenvalue weighted by atomic mass is 9.94. The summed E-state index contributed by atoms with van der Waals surface area (Å²) in [5.74, 6) is 1.16. The summed E-state index contributed by atoms with van der Waals surface area (Å²) in [4.78, 5) is 7.47. The number of nitrogens with zero attached hydrogens (tertiary/aromatic N) is 2. The Morgan fingerprint density at radius 2 is 1.81 bits per heavy atom. The van der Waals surface area contributed by atoms with Gasteiger partial charge in [-0.3, -0.25) is 0 Å². The van der Waals surface area contributed by atoms with Crippen molar-refractivity contribution < 1.29 is 0 Å². The van der Waals surface area contributed by atoms with E-state index in [1.165, 1.54) is 74.6 Å². The van der Waals surface area contributed by atoms with E-state index in [0.717, 1.165) is 12.2 Å². The van der Waals surface area contributed by atoms with Crippen molar-refractivity contribution in [2.24, 2.45) is 5.73 Å². The third-order valence-electron chi connectivity index (χ3n) is 5.28. The molecule has 0 spiro atoms. The maximum Gasteiger partial charge on any atom is 0.133 e. The summed E-state index contributed by atoms with van der Waals surface area (Å²) in [7, 11) is 2.23. The van der Waals surface area contributed by atoms with Gasteiger partial charge < -0.3 is 10.6 Å². The highest BCUT2D eigenvalue weighted by molar-refractivity contribution is 5.50. The van der Waals surface area contributed by atoms with Crippen molar-refractivity contribution in [1.29, 1.82) is 0 Å². The minimum absolute atomic E-state index is 0.604. The SMILES string of the molecule is CN(c1nc2c(cc1CN)CCCC2)C1CCCCCC1. The molecule has 0 aliphatic heterocycles. The fraction of sp³-hybridized carbons (Fsp3) is 0.722. The highest BCUT2D eigenvalue weighted by atomic mass is 15.2. The first kappa shape index (κ1) is 14.8. The molecule has 1 heterocycles. The summed E-state index contributed by atoms with van der Waals surface area (Å²) >= 11 is 0. The lowest BCUT2D eigenvalue weighted by molar-refractivity contribution is 0.545. The molecule has 2 aliphatic carbocycles. The lowest BCUT2D eigenvalue weighted by Gasteiger charge is -2.31. The van der Waals surface area contributed by atoms with Crippen LogP contribution >= 0.6 is 0 Å². The van der Waals surface area contributed by atoms with Crippen LogP contribution in [0.1, 0.15) is 68.2 Å². The normalized spacial score (nSPS) is 19.9. The Morgan fingerprint density at radius 3 is 2.52 bits per heavy atom. The quantitative estimate of drug-likeness (QED) is 0.864. The van der Waals surface area contributed by atoms with Gasteiger partial charge in [-0.2, -0.15) is 0 Å². The van der Waals surface area contributed by atoms with Gasteiger partial charge in [0.25, 0.3) is 0 Å². The van der Waals surface area contributed by atoms with E-state index in [1.54, 1.807) is 0 Å². The van der Waals surface area contributed by atoms with E-state index >= 15 is 0 Å². The van der Waals surface area contributed by atoms with E-state index in [0.29, 0.717) is 12.6 Å². The minimum atomic E-state index is 0.604. The van der Waals surface area contributed by atoms with Crippen LogP contribution in [0.5, 0.6) is 0 Å². The highest BCUT2D eigenvalue weighted by Gasteiger charge is 2.22. The number of fused-ring (bicyclic) bond motifs is 1. The van der Waals surface area contributed by atoms with Crippen LogP contribution in [0.2, 0.25) is 0 Å². The molecule has 0 amide bonds. The summed E-state index contributed by atoms with van der Waals surface area (Å²) in [6, 6.07) is 2.98. The number of nitrogens with two attached hydrogens (primary N) is 1. The molecule has 3 rings (SSSR count). The van der Waals surface area contributed by atoms with Gasteiger partial charge in [0.05, 0.1) is 0 Å². The van der Waals surface area contributed by atoms with Gasteiger partial charge in [-0.15, -0.1) is 0 Å². The number of aromatic nitrogens is 1. The Balaban J connectivity index is 1.88. The van der Waals surface area contributed by atoms with Crippen molar-refractivity contribution in [3.63, 3.8) is 0 Å². The zero-order valence-electron chi connectivity index (χ0n) is 13.4. The van der Waals surface area contributed by atoms with Gasteiger partial charge in [0.15, 0.2) is 0 Å². The van der Waals surface area contributed by atoms with Crippen molar-refractivity contribution in [3.05, 3.63) is 22.9 Å². The smallest absolute Gasteiger partial charge is 0.133 e. The number of pyridine rings is 1. The van der Waals surface area contributed by atoms with E-state index in [2.05, 4.69) is 18.0 Å². The molecule has 0 radical (unpaired) electrons. The van der Waals surface area contributed by atoms with Crippen LogP contribution < -0.4 is 10.6 Å². The first-order valence-electron chi connectivity index (χ1n) is 8.74. The molecule has 2 aliphatic rings. The van der Waals surface area contributed by atoms with Gasteiger partial charge in [0.1, 0.15) is 5.82 Å². The van der Waals surface area contributed by atoms with Crippen molar-refractivity contribution in [2.75, 3.05) is 11.9 Å². The molecule has 1 saturated carbocycles. The number of rotatable bonds is 3. The van der Waals surface area contributed by atoms with Crippen molar-refractivity contribution in [3.8, 4) is 0 Å². The topological polar surface area (TPSA) is 42.2 Å². The monoisotopic (exact) mass is 287 g/mol. The van der Waals surface area contributed by atoms with Crippen LogP contribution in [0.25, 0.3) is 0 Å². The lowest BCUT2D eigenvalue weighted by Crippen LogP contribution is -2.33. The molecular formula is C18H29N3. The summed E-state index contributed by atoms with van der Waals surface area (Å²) < 4.78 is 0. The number of hydrogen-bond donors (Lipinski definition) is 1. The van der Waals surface area contributed by atoms with Gasteiger partial charge in [-0.05, 0) is 50.2 Å². The number of hydrogen-bond acceptors (Lipinski definition) is 3. The summed E-state index contributed by atoms with van der Waals surface area (Å²) in [5.41, 5.74) is 10.0. The summed E-state index contributed by atoms with van der Waals surface area (Å²) in [6.45, 7) is 0.604. The standard InChI is InChI=1S/C18H29N3/c1-21(16-9-4-2-3-5-10-16)18-15(13-19)12-14-8-6-7-11-17(14)20-18/h12,16H,2-11,13,19H2,1H3.